The van der Waals surface area contributed by atoms with Crippen molar-refractivity contribution in [3.63, 3.8) is 0 Å². The Labute approximate surface area is 160 Å². The maximum atomic E-state index is 13.1. The number of nitrogens with one attached hydrogen (secondary N) is 1. The molecule has 0 bridgehead atoms. The molecule has 0 saturated heterocycles. The van der Waals surface area contributed by atoms with Gasteiger partial charge in [-0.1, -0.05) is 23.9 Å². The summed E-state index contributed by atoms with van der Waals surface area (Å²) in [5, 5.41) is 5.27. The highest BCUT2D eigenvalue weighted by Crippen LogP contribution is 2.25. The minimum atomic E-state index is -0.0922. The maximum Gasteiger partial charge on any atom is 0.276 e. The average molecular weight is 388 g/mol. The lowest BCUT2D eigenvalue weighted by Gasteiger charge is -2.15. The molecule has 0 radical (unpaired) electrons. The Bertz CT molecular complexity index is 1020. The van der Waals surface area contributed by atoms with E-state index in [2.05, 4.69) is 10.3 Å². The number of fused-ring (bicyclic) bond motifs is 1. The van der Waals surface area contributed by atoms with E-state index in [0.717, 1.165) is 16.8 Å². The van der Waals surface area contributed by atoms with Crippen LogP contribution >= 0.6 is 23.1 Å². The number of nitrogens with zero attached hydrogens (tertiary/aromatic N) is 2. The monoisotopic (exact) mass is 387 g/mol. The van der Waals surface area contributed by atoms with Gasteiger partial charge in [0.2, 0.25) is 5.91 Å². The largest absolute Gasteiger partial charge is 0.353 e. The zero-order chi connectivity index (χ0) is 18.8. The van der Waals surface area contributed by atoms with Gasteiger partial charge in [0.1, 0.15) is 4.70 Å². The van der Waals surface area contributed by atoms with Crippen LogP contribution in [0.3, 0.4) is 0 Å². The van der Waals surface area contributed by atoms with Crippen LogP contribution in [0, 0.1) is 13.8 Å². The van der Waals surface area contributed by atoms with Crippen LogP contribution in [0.2, 0.25) is 0 Å². The fourth-order valence-corrected chi connectivity index (χ4v) is 4.23. The molecule has 26 heavy (non-hydrogen) atoms. The Hall–Kier alpha value is -2.12. The molecule has 3 aromatic rings. The second-order valence-corrected chi connectivity index (χ2v) is 8.33. The van der Waals surface area contributed by atoms with Crippen molar-refractivity contribution >= 4 is 39.2 Å². The van der Waals surface area contributed by atoms with Gasteiger partial charge in [-0.2, -0.15) is 0 Å². The predicted octanol–water partition coefficient (Wildman–Crippen LogP) is 3.68. The van der Waals surface area contributed by atoms with E-state index < -0.39 is 0 Å². The zero-order valence-electron chi connectivity index (χ0n) is 15.2. The number of hydrogen-bond donors (Lipinski definition) is 1. The minimum absolute atomic E-state index is 0.0721. The van der Waals surface area contributed by atoms with E-state index in [9.17, 15) is 9.59 Å². The molecule has 0 spiro atoms. The summed E-state index contributed by atoms with van der Waals surface area (Å²) in [7, 11) is 0. The fraction of sp³-hybridized carbons (Fsp3) is 0.316. The van der Waals surface area contributed by atoms with Crippen molar-refractivity contribution in [2.45, 2.75) is 38.9 Å². The van der Waals surface area contributed by atoms with Gasteiger partial charge in [-0.05, 0) is 56.3 Å². The zero-order valence-corrected chi connectivity index (χ0v) is 16.8. The van der Waals surface area contributed by atoms with E-state index in [1.807, 2.05) is 57.3 Å². The third kappa shape index (κ3) is 3.83. The van der Waals surface area contributed by atoms with Crippen LogP contribution in [0.15, 0.2) is 39.6 Å². The lowest BCUT2D eigenvalue weighted by atomic mass is 10.1. The standard InChI is InChI=1S/C19H21N3O2S2/c1-11(2)20-16(23)10-26-19-21-14-7-8-25-17(14)18(24)22(19)15-9-12(3)5-6-13(15)4/h5-9,11H,10H2,1-4H3,(H,20,23). The normalized spacial score (nSPS) is 11.3. The molecule has 0 fully saturated rings. The second-order valence-electron chi connectivity index (χ2n) is 6.47. The van der Waals surface area contributed by atoms with Crippen molar-refractivity contribution in [3.8, 4) is 5.69 Å². The Morgan fingerprint density at radius 1 is 1.31 bits per heavy atom. The molecule has 0 aliphatic rings. The van der Waals surface area contributed by atoms with Crippen molar-refractivity contribution in [1.29, 1.82) is 0 Å². The SMILES string of the molecule is Cc1ccc(C)c(-n2c(SCC(=O)NC(C)C)nc3ccsc3c2=O)c1. The smallest absolute Gasteiger partial charge is 0.276 e. The molecule has 1 N–H and O–H groups in total. The summed E-state index contributed by atoms with van der Waals surface area (Å²) in [5.74, 6) is 0.141. The molecule has 136 valence electrons. The average Bonchev–Trinajstić information content (AvgIpc) is 3.04. The quantitative estimate of drug-likeness (QED) is 0.536. The van der Waals surface area contributed by atoms with Crippen LogP contribution in [0.5, 0.6) is 0 Å². The molecule has 1 amide bonds. The lowest BCUT2D eigenvalue weighted by Crippen LogP contribution is -2.32. The lowest BCUT2D eigenvalue weighted by molar-refractivity contribution is -0.119. The number of thiophene rings is 1. The topological polar surface area (TPSA) is 64.0 Å². The molecule has 2 heterocycles. The number of amides is 1. The Kier molecular flexibility index (Phi) is 5.48. The van der Waals surface area contributed by atoms with Gasteiger partial charge in [-0.15, -0.1) is 11.3 Å². The van der Waals surface area contributed by atoms with Gasteiger partial charge in [0.25, 0.3) is 5.56 Å². The number of thioether (sulfide) groups is 1. The molecule has 2 aromatic heterocycles. The summed E-state index contributed by atoms with van der Waals surface area (Å²) in [6, 6.07) is 7.92. The van der Waals surface area contributed by atoms with E-state index in [-0.39, 0.29) is 23.3 Å². The molecule has 0 atom stereocenters. The first-order valence-corrected chi connectivity index (χ1v) is 10.2. The summed E-state index contributed by atoms with van der Waals surface area (Å²) in [5.41, 5.74) is 3.45. The summed E-state index contributed by atoms with van der Waals surface area (Å²) >= 11 is 2.67. The molecule has 7 heteroatoms. The highest BCUT2D eigenvalue weighted by Gasteiger charge is 2.17. The number of carbonyl (C=O) groups is 1. The molecular weight excluding hydrogens is 366 g/mol. The van der Waals surface area contributed by atoms with E-state index >= 15 is 0 Å². The molecule has 0 unspecified atom stereocenters. The number of carbonyl (C=O) groups excluding carboxylic acids is 1. The second kappa shape index (κ2) is 7.63. The van der Waals surface area contributed by atoms with E-state index in [0.29, 0.717) is 15.4 Å². The first-order valence-electron chi connectivity index (χ1n) is 8.37. The summed E-state index contributed by atoms with van der Waals surface area (Å²) < 4.78 is 2.26. The summed E-state index contributed by atoms with van der Waals surface area (Å²) in [4.78, 5) is 29.8. The van der Waals surface area contributed by atoms with Gasteiger partial charge in [0, 0.05) is 6.04 Å². The number of rotatable bonds is 5. The highest BCUT2D eigenvalue weighted by atomic mass is 32.2. The number of aromatic nitrogens is 2. The third-order valence-corrected chi connectivity index (χ3v) is 5.67. The van der Waals surface area contributed by atoms with Gasteiger partial charge < -0.3 is 5.32 Å². The van der Waals surface area contributed by atoms with Crippen LogP contribution in [0.25, 0.3) is 15.9 Å². The number of hydrogen-bond acceptors (Lipinski definition) is 5. The van der Waals surface area contributed by atoms with Crippen molar-refractivity contribution in [2.75, 3.05) is 5.75 Å². The van der Waals surface area contributed by atoms with Gasteiger partial charge in [-0.3, -0.25) is 14.2 Å². The van der Waals surface area contributed by atoms with E-state index in [4.69, 9.17) is 0 Å². The van der Waals surface area contributed by atoms with Gasteiger partial charge in [-0.25, -0.2) is 4.98 Å². The minimum Gasteiger partial charge on any atom is -0.353 e. The molecule has 1 aromatic carbocycles. The van der Waals surface area contributed by atoms with Crippen molar-refractivity contribution < 1.29 is 4.79 Å². The van der Waals surface area contributed by atoms with Crippen molar-refractivity contribution in [1.82, 2.24) is 14.9 Å². The Morgan fingerprint density at radius 3 is 2.81 bits per heavy atom. The van der Waals surface area contributed by atoms with E-state index in [1.165, 1.54) is 23.1 Å². The molecule has 0 saturated carbocycles. The maximum absolute atomic E-state index is 13.1. The molecule has 3 rings (SSSR count). The molecule has 5 nitrogen and oxygen atoms in total. The van der Waals surface area contributed by atoms with Crippen LogP contribution in [-0.2, 0) is 4.79 Å². The first-order chi connectivity index (χ1) is 12.4. The third-order valence-electron chi connectivity index (χ3n) is 3.84. The fourth-order valence-electron chi connectivity index (χ4n) is 2.66. The van der Waals surface area contributed by atoms with Crippen LogP contribution in [-0.4, -0.2) is 27.3 Å². The Morgan fingerprint density at radius 2 is 2.08 bits per heavy atom. The summed E-state index contributed by atoms with van der Waals surface area (Å²) in [6.07, 6.45) is 0. The molecule has 0 aliphatic carbocycles. The molecule has 0 aliphatic heterocycles. The van der Waals surface area contributed by atoms with Crippen LogP contribution < -0.4 is 10.9 Å². The van der Waals surface area contributed by atoms with Crippen molar-refractivity contribution in [3.05, 3.63) is 51.1 Å². The summed E-state index contributed by atoms with van der Waals surface area (Å²) in [6.45, 7) is 7.81. The van der Waals surface area contributed by atoms with Crippen LogP contribution in [0.4, 0.5) is 0 Å². The van der Waals surface area contributed by atoms with Gasteiger partial charge in [0.05, 0.1) is 17.0 Å². The first kappa shape index (κ1) is 18.7. The number of aryl methyl sites for hydroxylation is 2. The molecular formula is C19H21N3O2S2. The van der Waals surface area contributed by atoms with Crippen LogP contribution in [0.1, 0.15) is 25.0 Å². The Balaban J connectivity index is 2.10. The van der Waals surface area contributed by atoms with E-state index in [1.54, 1.807) is 4.57 Å². The van der Waals surface area contributed by atoms with Gasteiger partial charge in [0.15, 0.2) is 5.16 Å². The van der Waals surface area contributed by atoms with Crippen molar-refractivity contribution in [2.24, 2.45) is 0 Å². The van der Waals surface area contributed by atoms with Gasteiger partial charge >= 0.3 is 0 Å². The predicted molar refractivity (Wildman–Crippen MR) is 109 cm³/mol. The highest BCUT2D eigenvalue weighted by molar-refractivity contribution is 7.99. The number of benzene rings is 1.